The van der Waals surface area contributed by atoms with Crippen LogP contribution in [-0.4, -0.2) is 29.0 Å². The molecule has 0 aromatic heterocycles. The predicted molar refractivity (Wildman–Crippen MR) is 54.2 cm³/mol. The van der Waals surface area contributed by atoms with E-state index in [9.17, 15) is 21.6 Å². The van der Waals surface area contributed by atoms with Crippen LogP contribution in [0.3, 0.4) is 0 Å². The van der Waals surface area contributed by atoms with Crippen molar-refractivity contribution in [3.8, 4) is 0 Å². The summed E-state index contributed by atoms with van der Waals surface area (Å²) in [6.07, 6.45) is 0.982. The lowest BCUT2D eigenvalue weighted by Gasteiger charge is -1.99. The lowest BCUT2D eigenvalue weighted by atomic mass is 10.2. The van der Waals surface area contributed by atoms with E-state index in [1.54, 1.807) is 4.72 Å². The van der Waals surface area contributed by atoms with E-state index >= 15 is 0 Å². The van der Waals surface area contributed by atoms with Gasteiger partial charge in [0.05, 0.1) is 10.5 Å². The normalized spacial score (nSPS) is 17.9. The van der Waals surface area contributed by atoms with Crippen molar-refractivity contribution < 1.29 is 21.6 Å². The number of nitrogens with one attached hydrogen (secondary N) is 1. The molecule has 8 heteroatoms. The van der Waals surface area contributed by atoms with Crippen LogP contribution >= 0.6 is 0 Å². The van der Waals surface area contributed by atoms with Crippen LogP contribution in [0.1, 0.15) is 10.4 Å². The molecule has 1 aromatic carbocycles. The van der Waals surface area contributed by atoms with Gasteiger partial charge in [0.2, 0.25) is 0 Å². The standard InChI is InChI=1S/C8H7NO5S2/c1-15(11,12)5-2-3-7-6(4-5)8(10)9-16(7,13)14/h2-4H,1H3,(H,9,10). The van der Waals surface area contributed by atoms with Crippen LogP contribution in [0.25, 0.3) is 0 Å². The van der Waals surface area contributed by atoms with E-state index in [2.05, 4.69) is 0 Å². The lowest BCUT2D eigenvalue weighted by molar-refractivity contribution is 0.0985. The maximum atomic E-state index is 11.3. The van der Waals surface area contributed by atoms with Crippen molar-refractivity contribution in [1.82, 2.24) is 4.72 Å². The quantitative estimate of drug-likeness (QED) is 0.736. The van der Waals surface area contributed by atoms with Crippen LogP contribution in [0.5, 0.6) is 0 Å². The van der Waals surface area contributed by atoms with Gasteiger partial charge in [-0.15, -0.1) is 0 Å². The van der Waals surface area contributed by atoms with Gasteiger partial charge < -0.3 is 0 Å². The van der Waals surface area contributed by atoms with Crippen molar-refractivity contribution in [2.45, 2.75) is 9.79 Å². The fourth-order valence-corrected chi connectivity index (χ4v) is 3.18. The Morgan fingerprint density at radius 1 is 1.25 bits per heavy atom. The molecule has 0 fully saturated rings. The highest BCUT2D eigenvalue weighted by Crippen LogP contribution is 2.24. The molecule has 1 aliphatic heterocycles. The van der Waals surface area contributed by atoms with E-state index in [1.807, 2.05) is 0 Å². The average Bonchev–Trinajstić information content (AvgIpc) is 2.36. The van der Waals surface area contributed by atoms with Crippen LogP contribution in [0.2, 0.25) is 0 Å². The van der Waals surface area contributed by atoms with E-state index in [0.717, 1.165) is 24.5 Å². The largest absolute Gasteiger partial charge is 0.268 e. The lowest BCUT2D eigenvalue weighted by Crippen LogP contribution is -2.20. The zero-order valence-corrected chi connectivity index (χ0v) is 9.72. The molecule has 86 valence electrons. The Morgan fingerprint density at radius 3 is 2.44 bits per heavy atom. The molecular weight excluding hydrogens is 254 g/mol. The molecule has 6 nitrogen and oxygen atoms in total. The molecule has 0 spiro atoms. The molecule has 0 radical (unpaired) electrons. The second kappa shape index (κ2) is 3.05. The monoisotopic (exact) mass is 261 g/mol. The Kier molecular flexibility index (Phi) is 2.11. The van der Waals surface area contributed by atoms with Crippen LogP contribution in [0.4, 0.5) is 0 Å². The molecule has 1 N–H and O–H groups in total. The van der Waals surface area contributed by atoms with E-state index in [1.165, 1.54) is 0 Å². The molecule has 2 rings (SSSR count). The van der Waals surface area contributed by atoms with Gasteiger partial charge in [0.25, 0.3) is 15.9 Å². The number of rotatable bonds is 1. The summed E-state index contributed by atoms with van der Waals surface area (Å²) < 4.78 is 46.9. The van der Waals surface area contributed by atoms with Gasteiger partial charge in [-0.3, -0.25) is 4.79 Å². The van der Waals surface area contributed by atoms with Crippen LogP contribution < -0.4 is 4.72 Å². The maximum Gasteiger partial charge on any atom is 0.266 e. The van der Waals surface area contributed by atoms with Crippen LogP contribution in [-0.2, 0) is 19.9 Å². The molecule has 1 heterocycles. The first kappa shape index (κ1) is 11.1. The third kappa shape index (κ3) is 1.59. The Morgan fingerprint density at radius 2 is 1.88 bits per heavy atom. The second-order valence-corrected chi connectivity index (χ2v) is 7.03. The highest BCUT2D eigenvalue weighted by atomic mass is 32.2. The number of carbonyl (C=O) groups excluding carboxylic acids is 1. The van der Waals surface area contributed by atoms with Gasteiger partial charge in [-0.2, -0.15) is 0 Å². The minimum Gasteiger partial charge on any atom is -0.268 e. The highest BCUT2D eigenvalue weighted by molar-refractivity contribution is 7.91. The summed E-state index contributed by atoms with van der Waals surface area (Å²) in [4.78, 5) is 11.0. The van der Waals surface area contributed by atoms with Crippen molar-refractivity contribution in [2.75, 3.05) is 6.26 Å². The molecule has 0 unspecified atom stereocenters. The van der Waals surface area contributed by atoms with Crippen LogP contribution in [0.15, 0.2) is 28.0 Å². The fourth-order valence-electron chi connectivity index (χ4n) is 1.38. The predicted octanol–water partition coefficient (Wildman–Crippen LogP) is -0.478. The fraction of sp³-hybridized carbons (Fsp3) is 0.125. The molecule has 16 heavy (non-hydrogen) atoms. The van der Waals surface area contributed by atoms with Gasteiger partial charge >= 0.3 is 0 Å². The van der Waals surface area contributed by atoms with Crippen molar-refractivity contribution in [3.63, 3.8) is 0 Å². The number of amides is 1. The zero-order valence-electron chi connectivity index (χ0n) is 8.09. The molecule has 0 aliphatic carbocycles. The second-order valence-electron chi connectivity index (χ2n) is 3.36. The summed E-state index contributed by atoms with van der Waals surface area (Å²) >= 11 is 0. The van der Waals surface area contributed by atoms with Crippen molar-refractivity contribution in [3.05, 3.63) is 23.8 Å². The number of benzene rings is 1. The Bertz CT molecular complexity index is 687. The third-order valence-electron chi connectivity index (χ3n) is 2.14. The number of hydrogen-bond donors (Lipinski definition) is 1. The molecular formula is C8H7NO5S2. The van der Waals surface area contributed by atoms with Gasteiger partial charge in [-0.05, 0) is 18.2 Å². The first-order chi connectivity index (χ1) is 7.22. The summed E-state index contributed by atoms with van der Waals surface area (Å²) in [6.45, 7) is 0. The SMILES string of the molecule is CS(=O)(=O)c1ccc2c(c1)C(=O)NS2(=O)=O. The van der Waals surface area contributed by atoms with E-state index < -0.39 is 25.8 Å². The Hall–Kier alpha value is -1.41. The zero-order chi connectivity index (χ0) is 12.1. The number of sulfone groups is 1. The van der Waals surface area contributed by atoms with E-state index in [0.29, 0.717) is 0 Å². The van der Waals surface area contributed by atoms with E-state index in [-0.39, 0.29) is 15.4 Å². The maximum absolute atomic E-state index is 11.3. The molecule has 0 saturated heterocycles. The first-order valence-electron chi connectivity index (χ1n) is 4.13. The van der Waals surface area contributed by atoms with Gasteiger partial charge in [0.15, 0.2) is 9.84 Å². The topological polar surface area (TPSA) is 97.4 Å². The minimum atomic E-state index is -3.81. The van der Waals surface area contributed by atoms with Gasteiger partial charge in [0, 0.05) is 6.26 Å². The molecule has 1 amide bonds. The number of sulfonamides is 1. The number of fused-ring (bicyclic) bond motifs is 1. The molecule has 1 aliphatic rings. The van der Waals surface area contributed by atoms with Crippen molar-refractivity contribution in [2.24, 2.45) is 0 Å². The van der Waals surface area contributed by atoms with Crippen LogP contribution in [0, 0.1) is 0 Å². The summed E-state index contributed by atoms with van der Waals surface area (Å²) in [6, 6.07) is 3.33. The average molecular weight is 261 g/mol. The van der Waals surface area contributed by atoms with Gasteiger partial charge in [0.1, 0.15) is 4.90 Å². The van der Waals surface area contributed by atoms with Crippen molar-refractivity contribution in [1.29, 1.82) is 0 Å². The molecule has 1 aromatic rings. The smallest absolute Gasteiger partial charge is 0.266 e. The molecule has 0 bridgehead atoms. The Labute approximate surface area is 92.3 Å². The summed E-state index contributed by atoms with van der Waals surface area (Å²) in [5.41, 5.74) is -0.136. The third-order valence-corrected chi connectivity index (χ3v) is 4.64. The van der Waals surface area contributed by atoms with E-state index in [4.69, 9.17) is 0 Å². The van der Waals surface area contributed by atoms with Crippen molar-refractivity contribution >= 4 is 25.8 Å². The molecule has 0 saturated carbocycles. The van der Waals surface area contributed by atoms with Gasteiger partial charge in [-0.25, -0.2) is 21.6 Å². The highest BCUT2D eigenvalue weighted by Gasteiger charge is 2.33. The summed E-state index contributed by atoms with van der Waals surface area (Å²) in [7, 11) is -7.27. The molecule has 0 atom stereocenters. The van der Waals surface area contributed by atoms with Gasteiger partial charge in [-0.1, -0.05) is 0 Å². The first-order valence-corrected chi connectivity index (χ1v) is 7.50. The number of hydrogen-bond acceptors (Lipinski definition) is 5. The summed E-state index contributed by atoms with van der Waals surface area (Å²) in [5, 5.41) is 0. The number of carbonyl (C=O) groups is 1. The summed E-state index contributed by atoms with van der Waals surface area (Å²) in [5.74, 6) is -0.805. The minimum absolute atomic E-state index is 0.0847. The Balaban J connectivity index is 2.76.